The molecule has 30 heavy (non-hydrogen) atoms. The minimum Gasteiger partial charge on any atom is -0.437 e. The first-order chi connectivity index (χ1) is 14.2. The summed E-state index contributed by atoms with van der Waals surface area (Å²) in [5, 5.41) is 2.89. The Labute approximate surface area is 183 Å². The largest absolute Gasteiger partial charge is 0.437 e. The molecule has 1 aromatic heterocycles. The molecule has 5 nitrogen and oxygen atoms in total. The molecule has 0 radical (unpaired) electrons. The van der Waals surface area contributed by atoms with Crippen LogP contribution < -0.4 is 14.4 Å². The number of amides is 2. The van der Waals surface area contributed by atoms with Crippen LogP contribution in [0, 0.1) is 13.8 Å². The van der Waals surface area contributed by atoms with Gasteiger partial charge in [-0.15, -0.1) is 0 Å². The molecule has 0 fully saturated rings. The maximum absolute atomic E-state index is 12.8. The molecule has 0 spiro atoms. The lowest BCUT2D eigenvalue weighted by molar-refractivity contribution is 0.260. The monoisotopic (exact) mass is 421 g/mol. The molecule has 0 aliphatic rings. The molecule has 2 amide bonds. The highest BCUT2D eigenvalue weighted by atomic mass is 32.1. The summed E-state index contributed by atoms with van der Waals surface area (Å²) in [4.78, 5) is 17.2. The third-order valence-electron chi connectivity index (χ3n) is 4.70. The molecule has 1 heterocycles. The molecule has 3 aromatic rings. The lowest BCUT2D eigenvalue weighted by Gasteiger charge is -2.24. The van der Waals surface area contributed by atoms with E-state index in [2.05, 4.69) is 43.9 Å². The number of hydrogen-bond donors (Lipinski definition) is 2. The van der Waals surface area contributed by atoms with Gasteiger partial charge in [0.1, 0.15) is 11.4 Å². The van der Waals surface area contributed by atoms with Crippen LogP contribution in [-0.2, 0) is 5.41 Å². The zero-order chi connectivity index (χ0) is 21.9. The number of ether oxygens (including phenoxy) is 1. The topological polar surface area (TPSA) is 54.5 Å². The number of carbonyl (C=O) groups is 1. The van der Waals surface area contributed by atoms with Crippen molar-refractivity contribution < 1.29 is 9.53 Å². The van der Waals surface area contributed by atoms with Gasteiger partial charge < -0.3 is 10.1 Å². The number of aromatic nitrogens is 1. The van der Waals surface area contributed by atoms with Gasteiger partial charge in [0.25, 0.3) is 0 Å². The molecular formula is C24H27N3O2S. The molecule has 0 bridgehead atoms. The first-order valence-corrected chi connectivity index (χ1v) is 10.2. The lowest BCUT2D eigenvalue weighted by atomic mass is 9.86. The molecule has 3 rings (SSSR count). The maximum atomic E-state index is 12.8. The summed E-state index contributed by atoms with van der Waals surface area (Å²) in [6, 6.07) is 16.8. The summed E-state index contributed by atoms with van der Waals surface area (Å²) in [7, 11) is 0. The average Bonchev–Trinajstić information content (AvgIpc) is 2.69. The fraction of sp³-hybridized carbons (Fsp3) is 0.250. The minimum absolute atomic E-state index is 0.105. The number of benzene rings is 2. The summed E-state index contributed by atoms with van der Waals surface area (Å²) < 4.78 is 7.36. The van der Waals surface area contributed by atoms with E-state index in [1.807, 2.05) is 56.3 Å². The third-order valence-corrected chi connectivity index (χ3v) is 5.09. The molecule has 0 atom stereocenters. The summed E-state index contributed by atoms with van der Waals surface area (Å²) in [5.41, 5.74) is 4.24. The molecule has 6 heteroatoms. The smallest absolute Gasteiger partial charge is 0.336 e. The number of thiol groups is 1. The number of nitrogens with one attached hydrogen (secondary N) is 1. The van der Waals surface area contributed by atoms with Gasteiger partial charge in [0.05, 0.1) is 0 Å². The van der Waals surface area contributed by atoms with Crippen LogP contribution in [0.15, 0.2) is 60.8 Å². The van der Waals surface area contributed by atoms with Gasteiger partial charge in [0.15, 0.2) is 0 Å². The molecule has 156 valence electrons. The zero-order valence-corrected chi connectivity index (χ0v) is 18.8. The second kappa shape index (κ2) is 8.79. The first kappa shape index (κ1) is 21.7. The van der Waals surface area contributed by atoms with Gasteiger partial charge in [-0.1, -0.05) is 69.5 Å². The normalized spacial score (nSPS) is 11.1. The standard InChI is InChI=1S/C24H27N3O2S/c1-16-12-13-19(17(2)15-16)26-23(28)27(30)20-10-8-14-25-22(20)29-21-11-7-6-9-18(21)24(3,4)5/h6-15,30H,1-5H3,(H,26,28). The number of pyridine rings is 1. The second-order valence-corrected chi connectivity index (χ2v) is 8.64. The average molecular weight is 422 g/mol. The van der Waals surface area contributed by atoms with Crippen molar-refractivity contribution in [1.29, 1.82) is 0 Å². The Kier molecular flexibility index (Phi) is 6.37. The zero-order valence-electron chi connectivity index (χ0n) is 17.9. The van der Waals surface area contributed by atoms with Crippen molar-refractivity contribution >= 4 is 30.2 Å². The van der Waals surface area contributed by atoms with Crippen molar-refractivity contribution in [3.05, 3.63) is 77.5 Å². The summed E-state index contributed by atoms with van der Waals surface area (Å²) in [6.45, 7) is 10.3. The number of aryl methyl sites for hydroxylation is 2. The number of nitrogens with zero attached hydrogens (tertiary/aromatic N) is 2. The summed E-state index contributed by atoms with van der Waals surface area (Å²) >= 11 is 4.42. The van der Waals surface area contributed by atoms with E-state index in [4.69, 9.17) is 4.74 Å². The minimum atomic E-state index is -0.396. The number of para-hydroxylation sites is 1. The van der Waals surface area contributed by atoms with Gasteiger partial charge >= 0.3 is 6.03 Å². The van der Waals surface area contributed by atoms with E-state index in [-0.39, 0.29) is 5.41 Å². The fourth-order valence-corrected chi connectivity index (χ4v) is 3.34. The van der Waals surface area contributed by atoms with E-state index in [9.17, 15) is 4.79 Å². The van der Waals surface area contributed by atoms with Crippen LogP contribution in [0.1, 0.15) is 37.5 Å². The molecule has 0 aliphatic carbocycles. The molecule has 0 saturated carbocycles. The quantitative estimate of drug-likeness (QED) is 0.463. The summed E-state index contributed by atoms with van der Waals surface area (Å²) in [5.74, 6) is 1.00. The van der Waals surface area contributed by atoms with Crippen LogP contribution in [-0.4, -0.2) is 11.0 Å². The van der Waals surface area contributed by atoms with Crippen molar-refractivity contribution in [1.82, 2.24) is 4.98 Å². The highest BCUT2D eigenvalue weighted by Gasteiger charge is 2.22. The van der Waals surface area contributed by atoms with Gasteiger partial charge in [-0.25, -0.2) is 14.1 Å². The Morgan fingerprint density at radius 1 is 1.07 bits per heavy atom. The molecule has 1 N–H and O–H groups in total. The van der Waals surface area contributed by atoms with Crippen LogP contribution in [0.2, 0.25) is 0 Å². The molecule has 0 aliphatic heterocycles. The number of urea groups is 1. The van der Waals surface area contributed by atoms with Crippen LogP contribution in [0.5, 0.6) is 11.6 Å². The van der Waals surface area contributed by atoms with Crippen molar-refractivity contribution in [3.8, 4) is 11.6 Å². The van der Waals surface area contributed by atoms with Gasteiger partial charge in [-0.05, 0) is 49.1 Å². The van der Waals surface area contributed by atoms with E-state index in [0.29, 0.717) is 17.3 Å². The van der Waals surface area contributed by atoms with Crippen molar-refractivity contribution in [2.75, 3.05) is 9.62 Å². The number of hydrogen-bond acceptors (Lipinski definition) is 4. The van der Waals surface area contributed by atoms with Crippen molar-refractivity contribution in [2.24, 2.45) is 0 Å². The Balaban J connectivity index is 1.87. The Hall–Kier alpha value is -2.99. The molecular weight excluding hydrogens is 394 g/mol. The number of carbonyl (C=O) groups excluding carboxylic acids is 1. The van der Waals surface area contributed by atoms with Crippen LogP contribution in [0.4, 0.5) is 16.2 Å². The number of anilines is 2. The van der Waals surface area contributed by atoms with Crippen LogP contribution in [0.3, 0.4) is 0 Å². The molecule has 0 saturated heterocycles. The van der Waals surface area contributed by atoms with Crippen molar-refractivity contribution in [2.45, 2.75) is 40.0 Å². The summed E-state index contributed by atoms with van der Waals surface area (Å²) in [6.07, 6.45) is 1.63. The predicted octanol–water partition coefficient (Wildman–Crippen LogP) is 6.67. The van der Waals surface area contributed by atoms with E-state index < -0.39 is 6.03 Å². The maximum Gasteiger partial charge on any atom is 0.336 e. The van der Waals surface area contributed by atoms with Gasteiger partial charge in [-0.3, -0.25) is 0 Å². The van der Waals surface area contributed by atoms with Crippen LogP contribution >= 0.6 is 12.8 Å². The van der Waals surface area contributed by atoms with Crippen LogP contribution in [0.25, 0.3) is 0 Å². The Bertz CT molecular complexity index is 1060. The highest BCUT2D eigenvalue weighted by molar-refractivity contribution is 7.82. The third kappa shape index (κ3) is 4.94. The Morgan fingerprint density at radius 2 is 1.80 bits per heavy atom. The van der Waals surface area contributed by atoms with Crippen molar-refractivity contribution in [3.63, 3.8) is 0 Å². The van der Waals surface area contributed by atoms with E-state index in [1.165, 1.54) is 4.31 Å². The Morgan fingerprint density at radius 3 is 2.50 bits per heavy atom. The SMILES string of the molecule is Cc1ccc(NC(=O)N(S)c2cccnc2Oc2ccccc2C(C)(C)C)c(C)c1. The predicted molar refractivity (Wildman–Crippen MR) is 126 cm³/mol. The van der Waals surface area contributed by atoms with E-state index >= 15 is 0 Å². The first-order valence-electron chi connectivity index (χ1n) is 9.76. The molecule has 2 aromatic carbocycles. The van der Waals surface area contributed by atoms with E-state index in [1.54, 1.807) is 18.3 Å². The lowest BCUT2D eigenvalue weighted by Crippen LogP contribution is -2.27. The second-order valence-electron chi connectivity index (χ2n) is 8.24. The molecule has 0 unspecified atom stereocenters. The fourth-order valence-electron chi connectivity index (χ4n) is 3.13. The van der Waals surface area contributed by atoms with Gasteiger partial charge in [-0.2, -0.15) is 0 Å². The number of rotatable bonds is 4. The van der Waals surface area contributed by atoms with E-state index in [0.717, 1.165) is 22.4 Å². The highest BCUT2D eigenvalue weighted by Crippen LogP contribution is 2.37. The van der Waals surface area contributed by atoms with Gasteiger partial charge in [0, 0.05) is 17.4 Å². The van der Waals surface area contributed by atoms with Gasteiger partial charge in [0.2, 0.25) is 5.88 Å².